The molecule has 0 bridgehead atoms. The van der Waals surface area contributed by atoms with Crippen LogP contribution in [0.3, 0.4) is 0 Å². The van der Waals surface area contributed by atoms with E-state index in [0.717, 1.165) is 6.42 Å². The predicted molar refractivity (Wildman–Crippen MR) is 101 cm³/mol. The van der Waals surface area contributed by atoms with E-state index in [1.54, 1.807) is 36.4 Å². The Balaban J connectivity index is 1.44. The molecule has 0 fully saturated rings. The van der Waals surface area contributed by atoms with Crippen LogP contribution < -0.4 is 16.2 Å². The first-order valence-electron chi connectivity index (χ1n) is 8.76. The lowest BCUT2D eigenvalue weighted by Gasteiger charge is -2.14. The number of benzene rings is 2. The SMILES string of the molecule is NC(=O)c1cc(N)ccc1OCCCCCN1C(=O)c2ccccc2C1=O. The number of carbonyl (C=O) groups excluding carboxylic acids is 3. The maximum atomic E-state index is 12.3. The van der Waals surface area contributed by atoms with Crippen molar-refractivity contribution in [3.05, 3.63) is 59.2 Å². The number of nitrogens with two attached hydrogens (primary N) is 2. The zero-order chi connectivity index (χ0) is 19.4. The van der Waals surface area contributed by atoms with Gasteiger partial charge in [0.2, 0.25) is 0 Å². The summed E-state index contributed by atoms with van der Waals surface area (Å²) >= 11 is 0. The fourth-order valence-corrected chi connectivity index (χ4v) is 3.04. The zero-order valence-electron chi connectivity index (χ0n) is 14.8. The standard InChI is InChI=1S/C20H21N3O4/c21-13-8-9-17(16(12-13)18(22)24)27-11-5-1-4-10-23-19(25)14-6-2-3-7-15(14)20(23)26/h2-3,6-9,12H,1,4-5,10-11,21H2,(H2,22,24). The number of ether oxygens (including phenoxy) is 1. The summed E-state index contributed by atoms with van der Waals surface area (Å²) in [6.07, 6.45) is 2.17. The number of anilines is 1. The number of imide groups is 1. The number of fused-ring (bicyclic) bond motifs is 1. The van der Waals surface area contributed by atoms with Gasteiger partial charge in [0.25, 0.3) is 17.7 Å². The summed E-state index contributed by atoms with van der Waals surface area (Å²) in [5.74, 6) is -0.667. The Labute approximate surface area is 156 Å². The van der Waals surface area contributed by atoms with Crippen LogP contribution in [0.4, 0.5) is 5.69 Å². The smallest absolute Gasteiger partial charge is 0.261 e. The topological polar surface area (TPSA) is 116 Å². The Kier molecular flexibility index (Phi) is 5.40. The predicted octanol–water partition coefficient (Wildman–Crippen LogP) is 2.21. The lowest BCUT2D eigenvalue weighted by molar-refractivity contribution is 0.0651. The van der Waals surface area contributed by atoms with Crippen molar-refractivity contribution in [2.24, 2.45) is 5.73 Å². The first-order chi connectivity index (χ1) is 13.0. The van der Waals surface area contributed by atoms with E-state index in [0.29, 0.717) is 48.6 Å². The van der Waals surface area contributed by atoms with Crippen molar-refractivity contribution in [2.45, 2.75) is 19.3 Å². The summed E-state index contributed by atoms with van der Waals surface area (Å²) in [5, 5.41) is 0. The first kappa shape index (κ1) is 18.4. The van der Waals surface area contributed by atoms with Gasteiger partial charge >= 0.3 is 0 Å². The molecule has 7 nitrogen and oxygen atoms in total. The second-order valence-electron chi connectivity index (χ2n) is 6.34. The number of rotatable bonds is 8. The quantitative estimate of drug-likeness (QED) is 0.422. The van der Waals surface area contributed by atoms with Crippen LogP contribution in [-0.2, 0) is 0 Å². The number of primary amides is 1. The average Bonchev–Trinajstić information content (AvgIpc) is 2.90. The van der Waals surface area contributed by atoms with Crippen LogP contribution in [0.15, 0.2) is 42.5 Å². The molecule has 0 aromatic heterocycles. The maximum absolute atomic E-state index is 12.3. The van der Waals surface area contributed by atoms with Gasteiger partial charge in [0.1, 0.15) is 5.75 Å². The number of carbonyl (C=O) groups is 3. The summed E-state index contributed by atoms with van der Waals surface area (Å²) in [7, 11) is 0. The van der Waals surface area contributed by atoms with E-state index in [1.165, 1.54) is 11.0 Å². The molecular formula is C20H21N3O4. The molecule has 27 heavy (non-hydrogen) atoms. The van der Waals surface area contributed by atoms with Crippen molar-refractivity contribution in [3.8, 4) is 5.75 Å². The minimum Gasteiger partial charge on any atom is -0.493 e. The van der Waals surface area contributed by atoms with Crippen molar-refractivity contribution in [1.82, 2.24) is 4.90 Å². The highest BCUT2D eigenvalue weighted by atomic mass is 16.5. The third kappa shape index (κ3) is 3.92. The largest absolute Gasteiger partial charge is 0.493 e. The fourth-order valence-electron chi connectivity index (χ4n) is 3.04. The van der Waals surface area contributed by atoms with E-state index in [9.17, 15) is 14.4 Å². The first-order valence-corrected chi connectivity index (χ1v) is 8.76. The molecule has 4 N–H and O–H groups in total. The van der Waals surface area contributed by atoms with E-state index >= 15 is 0 Å². The van der Waals surface area contributed by atoms with E-state index < -0.39 is 5.91 Å². The third-order valence-corrected chi connectivity index (χ3v) is 4.43. The van der Waals surface area contributed by atoms with Gasteiger partial charge in [-0.3, -0.25) is 19.3 Å². The average molecular weight is 367 g/mol. The number of nitrogen functional groups attached to an aromatic ring is 1. The molecule has 2 aromatic carbocycles. The fraction of sp³-hybridized carbons (Fsp3) is 0.250. The molecule has 0 atom stereocenters. The van der Waals surface area contributed by atoms with Gasteiger partial charge in [-0.2, -0.15) is 0 Å². The van der Waals surface area contributed by atoms with Crippen molar-refractivity contribution >= 4 is 23.4 Å². The van der Waals surface area contributed by atoms with Gasteiger partial charge in [0.05, 0.1) is 23.3 Å². The molecule has 3 amide bonds. The van der Waals surface area contributed by atoms with E-state index in [-0.39, 0.29) is 17.4 Å². The van der Waals surface area contributed by atoms with Crippen LogP contribution in [-0.4, -0.2) is 35.8 Å². The Morgan fingerprint density at radius 3 is 2.26 bits per heavy atom. The van der Waals surface area contributed by atoms with Crippen LogP contribution >= 0.6 is 0 Å². The second-order valence-corrected chi connectivity index (χ2v) is 6.34. The lowest BCUT2D eigenvalue weighted by Crippen LogP contribution is -2.30. The van der Waals surface area contributed by atoms with Gasteiger partial charge < -0.3 is 16.2 Å². The van der Waals surface area contributed by atoms with Gasteiger partial charge in [-0.15, -0.1) is 0 Å². The Hall–Kier alpha value is -3.35. The monoisotopic (exact) mass is 367 g/mol. The van der Waals surface area contributed by atoms with Crippen molar-refractivity contribution in [2.75, 3.05) is 18.9 Å². The number of amides is 3. The van der Waals surface area contributed by atoms with Gasteiger partial charge in [0.15, 0.2) is 0 Å². The minimum absolute atomic E-state index is 0.236. The van der Waals surface area contributed by atoms with E-state index in [4.69, 9.17) is 16.2 Å². The summed E-state index contributed by atoms with van der Waals surface area (Å²) in [5.41, 5.74) is 12.6. The Morgan fingerprint density at radius 2 is 1.63 bits per heavy atom. The summed E-state index contributed by atoms with van der Waals surface area (Å²) in [4.78, 5) is 37.3. The highest BCUT2D eigenvalue weighted by Gasteiger charge is 2.34. The van der Waals surface area contributed by atoms with Gasteiger partial charge in [0, 0.05) is 12.2 Å². The third-order valence-electron chi connectivity index (χ3n) is 4.43. The number of unbranched alkanes of at least 4 members (excludes halogenated alkanes) is 2. The molecule has 7 heteroatoms. The molecule has 0 radical (unpaired) electrons. The molecule has 0 unspecified atom stereocenters. The van der Waals surface area contributed by atoms with Crippen molar-refractivity contribution < 1.29 is 19.1 Å². The van der Waals surface area contributed by atoms with Crippen molar-refractivity contribution in [3.63, 3.8) is 0 Å². The van der Waals surface area contributed by atoms with Crippen LogP contribution in [0.2, 0.25) is 0 Å². The summed E-state index contributed by atoms with van der Waals surface area (Å²) in [6.45, 7) is 0.771. The molecule has 1 heterocycles. The maximum Gasteiger partial charge on any atom is 0.261 e. The highest BCUT2D eigenvalue weighted by Crippen LogP contribution is 2.23. The molecule has 140 valence electrons. The second kappa shape index (κ2) is 7.90. The van der Waals surface area contributed by atoms with Crippen LogP contribution in [0.5, 0.6) is 5.75 Å². The Bertz CT molecular complexity index is 860. The van der Waals surface area contributed by atoms with Crippen LogP contribution in [0.25, 0.3) is 0 Å². The molecule has 1 aliphatic rings. The van der Waals surface area contributed by atoms with E-state index in [2.05, 4.69) is 0 Å². The molecule has 0 spiro atoms. The molecule has 1 aliphatic heterocycles. The number of nitrogens with zero attached hydrogens (tertiary/aromatic N) is 1. The van der Waals surface area contributed by atoms with E-state index in [1.807, 2.05) is 0 Å². The van der Waals surface area contributed by atoms with Gasteiger partial charge in [-0.1, -0.05) is 12.1 Å². The molecule has 0 aliphatic carbocycles. The van der Waals surface area contributed by atoms with Crippen LogP contribution in [0, 0.1) is 0 Å². The molecular weight excluding hydrogens is 346 g/mol. The Morgan fingerprint density at radius 1 is 0.963 bits per heavy atom. The van der Waals surface area contributed by atoms with Gasteiger partial charge in [-0.25, -0.2) is 0 Å². The molecule has 0 saturated carbocycles. The molecule has 2 aromatic rings. The van der Waals surface area contributed by atoms with Crippen LogP contribution in [0.1, 0.15) is 50.3 Å². The zero-order valence-corrected chi connectivity index (χ0v) is 14.8. The highest BCUT2D eigenvalue weighted by molar-refractivity contribution is 6.21. The van der Waals surface area contributed by atoms with Crippen molar-refractivity contribution in [1.29, 1.82) is 0 Å². The lowest BCUT2D eigenvalue weighted by atomic mass is 10.1. The number of hydrogen-bond donors (Lipinski definition) is 2. The normalized spacial score (nSPS) is 13.0. The summed E-state index contributed by atoms with van der Waals surface area (Å²) < 4.78 is 5.61. The molecule has 3 rings (SSSR count). The number of hydrogen-bond acceptors (Lipinski definition) is 5. The van der Waals surface area contributed by atoms with Gasteiger partial charge in [-0.05, 0) is 49.6 Å². The summed E-state index contributed by atoms with van der Waals surface area (Å²) in [6, 6.07) is 11.6. The minimum atomic E-state index is -0.595. The molecule has 0 saturated heterocycles.